The van der Waals surface area contributed by atoms with Crippen LogP contribution in [0, 0.1) is 5.92 Å². The SMILES string of the molecule is C[C@@H](Cc1ccc(C(=O)OC(C)(C)C)cc1)C(=O)N[C@@H]1CCCc2ccccc21. The lowest BCUT2D eigenvalue weighted by atomic mass is 9.87. The fraction of sp³-hybridized carbons (Fsp3) is 0.440. The molecular weight excluding hydrogens is 362 g/mol. The number of hydrogen-bond donors (Lipinski definition) is 1. The molecule has 154 valence electrons. The van der Waals surface area contributed by atoms with E-state index < -0.39 is 5.60 Å². The van der Waals surface area contributed by atoms with Gasteiger partial charge in [0.05, 0.1) is 11.6 Å². The van der Waals surface area contributed by atoms with E-state index in [1.165, 1.54) is 11.1 Å². The zero-order valence-corrected chi connectivity index (χ0v) is 17.8. The predicted octanol–water partition coefficient (Wildman–Crippen LogP) is 5.01. The van der Waals surface area contributed by atoms with Crippen molar-refractivity contribution in [2.24, 2.45) is 5.92 Å². The minimum atomic E-state index is -0.514. The summed E-state index contributed by atoms with van der Waals surface area (Å²) in [6.45, 7) is 7.50. The summed E-state index contributed by atoms with van der Waals surface area (Å²) in [5, 5.41) is 3.24. The minimum absolute atomic E-state index is 0.0721. The normalized spacial score (nSPS) is 17.2. The predicted molar refractivity (Wildman–Crippen MR) is 115 cm³/mol. The average molecular weight is 394 g/mol. The quantitative estimate of drug-likeness (QED) is 0.726. The van der Waals surface area contributed by atoms with E-state index in [-0.39, 0.29) is 23.8 Å². The van der Waals surface area contributed by atoms with Gasteiger partial charge in [-0.25, -0.2) is 4.79 Å². The number of carbonyl (C=O) groups is 2. The molecule has 29 heavy (non-hydrogen) atoms. The molecule has 0 heterocycles. The van der Waals surface area contributed by atoms with Crippen LogP contribution in [0.1, 0.15) is 73.6 Å². The number of benzene rings is 2. The number of carbonyl (C=O) groups excluding carboxylic acids is 2. The summed E-state index contributed by atoms with van der Waals surface area (Å²) < 4.78 is 5.39. The van der Waals surface area contributed by atoms with Crippen LogP contribution in [-0.2, 0) is 22.4 Å². The van der Waals surface area contributed by atoms with Gasteiger partial charge < -0.3 is 10.1 Å². The smallest absolute Gasteiger partial charge is 0.338 e. The van der Waals surface area contributed by atoms with Crippen LogP contribution >= 0.6 is 0 Å². The van der Waals surface area contributed by atoms with E-state index in [4.69, 9.17) is 4.74 Å². The van der Waals surface area contributed by atoms with Crippen molar-refractivity contribution in [1.82, 2.24) is 5.32 Å². The van der Waals surface area contributed by atoms with Gasteiger partial charge in [-0.15, -0.1) is 0 Å². The van der Waals surface area contributed by atoms with E-state index in [1.54, 1.807) is 12.1 Å². The summed E-state index contributed by atoms with van der Waals surface area (Å²) in [6.07, 6.45) is 3.80. The third kappa shape index (κ3) is 5.69. The van der Waals surface area contributed by atoms with Gasteiger partial charge in [0.15, 0.2) is 0 Å². The zero-order chi connectivity index (χ0) is 21.0. The Kier molecular flexibility index (Phi) is 6.41. The zero-order valence-electron chi connectivity index (χ0n) is 17.8. The lowest BCUT2D eigenvalue weighted by Gasteiger charge is -2.27. The minimum Gasteiger partial charge on any atom is -0.456 e. The van der Waals surface area contributed by atoms with E-state index >= 15 is 0 Å². The van der Waals surface area contributed by atoms with Gasteiger partial charge in [-0.3, -0.25) is 4.79 Å². The number of esters is 1. The number of amides is 1. The summed E-state index contributed by atoms with van der Waals surface area (Å²) >= 11 is 0. The summed E-state index contributed by atoms with van der Waals surface area (Å²) in [4.78, 5) is 24.9. The highest BCUT2D eigenvalue weighted by molar-refractivity contribution is 5.89. The highest BCUT2D eigenvalue weighted by Gasteiger charge is 2.24. The first-order chi connectivity index (χ1) is 13.7. The molecule has 3 rings (SSSR count). The molecule has 4 nitrogen and oxygen atoms in total. The molecule has 1 N–H and O–H groups in total. The number of ether oxygens (including phenoxy) is 1. The molecule has 2 aromatic rings. The lowest BCUT2D eigenvalue weighted by molar-refractivity contribution is -0.125. The van der Waals surface area contributed by atoms with Crippen molar-refractivity contribution in [3.63, 3.8) is 0 Å². The van der Waals surface area contributed by atoms with Crippen LogP contribution in [0.25, 0.3) is 0 Å². The van der Waals surface area contributed by atoms with Crippen LogP contribution in [0.2, 0.25) is 0 Å². The molecule has 0 saturated carbocycles. The van der Waals surface area contributed by atoms with Gasteiger partial charge >= 0.3 is 5.97 Å². The Morgan fingerprint density at radius 2 is 1.79 bits per heavy atom. The number of nitrogens with one attached hydrogen (secondary N) is 1. The average Bonchev–Trinajstić information content (AvgIpc) is 2.67. The van der Waals surface area contributed by atoms with Crippen molar-refractivity contribution in [2.75, 3.05) is 0 Å². The van der Waals surface area contributed by atoms with E-state index in [0.717, 1.165) is 24.8 Å². The van der Waals surface area contributed by atoms with Crippen molar-refractivity contribution in [3.8, 4) is 0 Å². The Balaban J connectivity index is 1.58. The second kappa shape index (κ2) is 8.81. The maximum atomic E-state index is 12.8. The fourth-order valence-electron chi connectivity index (χ4n) is 3.78. The van der Waals surface area contributed by atoms with Gasteiger partial charge in [-0.1, -0.05) is 43.3 Å². The van der Waals surface area contributed by atoms with Crippen LogP contribution in [0.4, 0.5) is 0 Å². The molecule has 1 amide bonds. The third-order valence-corrected chi connectivity index (χ3v) is 5.26. The molecule has 2 atom stereocenters. The van der Waals surface area contributed by atoms with Crippen LogP contribution in [0.15, 0.2) is 48.5 Å². The molecule has 1 aliphatic rings. The van der Waals surface area contributed by atoms with Gasteiger partial charge in [0, 0.05) is 5.92 Å². The topological polar surface area (TPSA) is 55.4 Å². The van der Waals surface area contributed by atoms with Crippen molar-refractivity contribution >= 4 is 11.9 Å². The molecule has 0 bridgehead atoms. The van der Waals surface area contributed by atoms with Crippen LogP contribution in [-0.4, -0.2) is 17.5 Å². The molecule has 0 fully saturated rings. The largest absolute Gasteiger partial charge is 0.456 e. The van der Waals surface area contributed by atoms with E-state index in [9.17, 15) is 9.59 Å². The Morgan fingerprint density at radius 1 is 1.10 bits per heavy atom. The maximum Gasteiger partial charge on any atom is 0.338 e. The van der Waals surface area contributed by atoms with E-state index in [0.29, 0.717) is 12.0 Å². The monoisotopic (exact) mass is 393 g/mol. The standard InChI is InChI=1S/C25H31NO3/c1-17(16-18-12-14-20(15-13-18)24(28)29-25(2,3)4)23(27)26-22-11-7-9-19-8-5-6-10-21(19)22/h5-6,8,10,12-15,17,22H,7,9,11,16H2,1-4H3,(H,26,27)/t17-,22+/m0/s1. The van der Waals surface area contributed by atoms with Crippen molar-refractivity contribution in [3.05, 3.63) is 70.8 Å². The van der Waals surface area contributed by atoms with Crippen molar-refractivity contribution in [1.29, 1.82) is 0 Å². The maximum absolute atomic E-state index is 12.8. The van der Waals surface area contributed by atoms with Crippen LogP contribution < -0.4 is 5.32 Å². The Labute approximate surface area is 173 Å². The molecule has 0 radical (unpaired) electrons. The van der Waals surface area contributed by atoms with Gasteiger partial charge in [0.25, 0.3) is 0 Å². The first-order valence-corrected chi connectivity index (χ1v) is 10.4. The molecule has 2 aromatic carbocycles. The Hall–Kier alpha value is -2.62. The molecular formula is C25H31NO3. The van der Waals surface area contributed by atoms with Crippen molar-refractivity contribution in [2.45, 2.75) is 65.0 Å². The van der Waals surface area contributed by atoms with Crippen LogP contribution in [0.5, 0.6) is 0 Å². The summed E-state index contributed by atoms with van der Waals surface area (Å²) in [6, 6.07) is 15.8. The molecule has 1 aliphatic carbocycles. The second-order valence-corrected chi connectivity index (χ2v) is 8.96. The van der Waals surface area contributed by atoms with Gasteiger partial charge in [0.2, 0.25) is 5.91 Å². The Bertz CT molecular complexity index is 864. The lowest BCUT2D eigenvalue weighted by Crippen LogP contribution is -2.35. The van der Waals surface area contributed by atoms with Gasteiger partial charge in [-0.2, -0.15) is 0 Å². The van der Waals surface area contributed by atoms with Gasteiger partial charge in [0.1, 0.15) is 5.60 Å². The number of hydrogen-bond acceptors (Lipinski definition) is 3. The summed E-state index contributed by atoms with van der Waals surface area (Å²) in [7, 11) is 0. The van der Waals surface area contributed by atoms with E-state index in [1.807, 2.05) is 45.9 Å². The molecule has 0 unspecified atom stereocenters. The Morgan fingerprint density at radius 3 is 2.48 bits per heavy atom. The van der Waals surface area contributed by atoms with Gasteiger partial charge in [-0.05, 0) is 75.3 Å². The number of fused-ring (bicyclic) bond motifs is 1. The summed E-state index contributed by atoms with van der Waals surface area (Å²) in [5.74, 6) is -0.398. The molecule has 0 aromatic heterocycles. The first kappa shape index (κ1) is 21.1. The second-order valence-electron chi connectivity index (χ2n) is 8.96. The fourth-order valence-corrected chi connectivity index (χ4v) is 3.78. The third-order valence-electron chi connectivity index (χ3n) is 5.26. The highest BCUT2D eigenvalue weighted by Crippen LogP contribution is 2.29. The molecule has 0 spiro atoms. The number of aryl methyl sites for hydroxylation is 1. The molecule has 0 aliphatic heterocycles. The molecule has 0 saturated heterocycles. The van der Waals surface area contributed by atoms with Crippen molar-refractivity contribution < 1.29 is 14.3 Å². The van der Waals surface area contributed by atoms with E-state index in [2.05, 4.69) is 23.5 Å². The van der Waals surface area contributed by atoms with Crippen LogP contribution in [0.3, 0.4) is 0 Å². The summed E-state index contributed by atoms with van der Waals surface area (Å²) in [5.41, 5.74) is 3.64. The highest BCUT2D eigenvalue weighted by atomic mass is 16.6. The first-order valence-electron chi connectivity index (χ1n) is 10.4. The number of rotatable bonds is 5. The molecule has 4 heteroatoms.